The Kier molecular flexibility index (Phi) is 6.51. The molecule has 25 heavy (non-hydrogen) atoms. The third kappa shape index (κ3) is 4.56. The van der Waals surface area contributed by atoms with E-state index in [4.69, 9.17) is 9.47 Å². The summed E-state index contributed by atoms with van der Waals surface area (Å²) in [5, 5.41) is 0. The summed E-state index contributed by atoms with van der Waals surface area (Å²) in [5.74, 6) is -0.550. The van der Waals surface area contributed by atoms with E-state index in [1.807, 2.05) is 6.92 Å². The Balaban J connectivity index is 2.24. The number of hydrogen-bond acceptors (Lipinski definition) is 6. The van der Waals surface area contributed by atoms with Gasteiger partial charge in [0.2, 0.25) is 21.8 Å². The van der Waals surface area contributed by atoms with Gasteiger partial charge >= 0.3 is 0 Å². The number of imide groups is 1. The van der Waals surface area contributed by atoms with E-state index in [9.17, 15) is 18.0 Å². The van der Waals surface area contributed by atoms with Crippen molar-refractivity contribution in [1.29, 1.82) is 0 Å². The smallest absolute Gasteiger partial charge is 0.244 e. The first-order chi connectivity index (χ1) is 11.9. The molecule has 0 unspecified atom stereocenters. The fraction of sp³-hybridized carbons (Fsp3) is 0.500. The van der Waals surface area contributed by atoms with Crippen LogP contribution in [-0.2, 0) is 24.3 Å². The summed E-state index contributed by atoms with van der Waals surface area (Å²) in [7, 11) is -2.50. The van der Waals surface area contributed by atoms with Gasteiger partial charge in [0.15, 0.2) is 0 Å². The van der Waals surface area contributed by atoms with Crippen molar-refractivity contribution in [2.45, 2.75) is 31.1 Å². The van der Waals surface area contributed by atoms with Gasteiger partial charge in [0.05, 0.1) is 12.8 Å². The molecule has 1 heterocycles. The molecule has 1 saturated heterocycles. The Morgan fingerprint density at radius 3 is 2.48 bits per heavy atom. The maximum absolute atomic E-state index is 12.6. The number of carbonyl (C=O) groups excluding carboxylic acids is 2. The van der Waals surface area contributed by atoms with Gasteiger partial charge in [-0.05, 0) is 31.5 Å². The maximum atomic E-state index is 12.6. The second-order valence-electron chi connectivity index (χ2n) is 5.41. The summed E-state index contributed by atoms with van der Waals surface area (Å²) in [6.07, 6.45) is 0.781. The fourth-order valence-electron chi connectivity index (χ4n) is 2.48. The molecular formula is C16H22N2O6S. The number of sulfonamides is 1. The Morgan fingerprint density at radius 1 is 1.20 bits per heavy atom. The number of carbonyl (C=O) groups is 2. The van der Waals surface area contributed by atoms with Crippen LogP contribution in [-0.4, -0.2) is 47.1 Å². The van der Waals surface area contributed by atoms with Gasteiger partial charge in [0, 0.05) is 32.6 Å². The molecule has 2 amide bonds. The van der Waals surface area contributed by atoms with E-state index in [0.29, 0.717) is 19.6 Å². The normalized spacial score (nSPS) is 15.0. The Morgan fingerprint density at radius 2 is 1.88 bits per heavy atom. The quantitative estimate of drug-likeness (QED) is 0.515. The van der Waals surface area contributed by atoms with E-state index in [1.54, 1.807) is 0 Å². The molecule has 8 nitrogen and oxygen atoms in total. The lowest BCUT2D eigenvalue weighted by molar-refractivity contribution is -0.121. The van der Waals surface area contributed by atoms with Gasteiger partial charge in [0.25, 0.3) is 0 Å². The molecule has 0 radical (unpaired) electrons. The zero-order valence-electron chi connectivity index (χ0n) is 14.3. The molecule has 1 N–H and O–H groups in total. The highest BCUT2D eigenvalue weighted by atomic mass is 32.2. The van der Waals surface area contributed by atoms with Crippen molar-refractivity contribution in [2.75, 3.05) is 31.8 Å². The van der Waals surface area contributed by atoms with Crippen LogP contribution in [0, 0.1) is 0 Å². The van der Waals surface area contributed by atoms with Crippen molar-refractivity contribution in [3.63, 3.8) is 0 Å². The molecule has 9 heteroatoms. The van der Waals surface area contributed by atoms with Crippen LogP contribution in [0.15, 0.2) is 23.1 Å². The van der Waals surface area contributed by atoms with Crippen LogP contribution in [0.1, 0.15) is 26.2 Å². The maximum Gasteiger partial charge on any atom is 0.244 e. The zero-order valence-corrected chi connectivity index (χ0v) is 15.1. The Bertz CT molecular complexity index is 731. The molecule has 138 valence electrons. The van der Waals surface area contributed by atoms with Crippen molar-refractivity contribution in [3.8, 4) is 5.75 Å². The molecule has 0 spiro atoms. The molecular weight excluding hydrogens is 348 g/mol. The van der Waals surface area contributed by atoms with E-state index in [0.717, 1.165) is 4.90 Å². The van der Waals surface area contributed by atoms with Gasteiger partial charge in [-0.2, -0.15) is 0 Å². The molecule has 0 aliphatic carbocycles. The van der Waals surface area contributed by atoms with Crippen LogP contribution in [0.3, 0.4) is 0 Å². The second kappa shape index (κ2) is 8.41. The number of amides is 2. The first kappa shape index (κ1) is 19.4. The lowest BCUT2D eigenvalue weighted by Crippen LogP contribution is -2.30. The van der Waals surface area contributed by atoms with E-state index in [2.05, 4.69) is 4.72 Å². The molecule has 1 aromatic carbocycles. The average Bonchev–Trinajstić information content (AvgIpc) is 2.92. The van der Waals surface area contributed by atoms with E-state index < -0.39 is 10.0 Å². The van der Waals surface area contributed by atoms with E-state index in [-0.39, 0.29) is 47.5 Å². The predicted molar refractivity (Wildman–Crippen MR) is 91.0 cm³/mol. The van der Waals surface area contributed by atoms with Gasteiger partial charge in [-0.3, -0.25) is 14.5 Å². The van der Waals surface area contributed by atoms with Crippen molar-refractivity contribution >= 4 is 27.5 Å². The minimum Gasteiger partial charge on any atom is -0.495 e. The summed E-state index contributed by atoms with van der Waals surface area (Å²) in [5.41, 5.74) is 0.225. The molecule has 0 saturated carbocycles. The first-order valence-electron chi connectivity index (χ1n) is 8.02. The Hall–Kier alpha value is -1.97. The highest BCUT2D eigenvalue weighted by Crippen LogP contribution is 2.31. The first-order valence-corrected chi connectivity index (χ1v) is 9.50. The third-order valence-corrected chi connectivity index (χ3v) is 5.19. The third-order valence-electron chi connectivity index (χ3n) is 3.71. The standard InChI is InChI=1S/C16H22N2O6S/c1-3-24-10-4-9-17-25(21,22)14-11-12(5-6-13(14)23-2)18-15(19)7-8-16(18)20/h5-6,11,17H,3-4,7-10H2,1-2H3. The van der Waals surface area contributed by atoms with Gasteiger partial charge in [0.1, 0.15) is 10.6 Å². The summed E-state index contributed by atoms with van der Waals surface area (Å²) < 4.78 is 37.9. The van der Waals surface area contributed by atoms with Crippen LogP contribution < -0.4 is 14.4 Å². The molecule has 1 fully saturated rings. The average molecular weight is 370 g/mol. The minimum atomic E-state index is -3.86. The highest BCUT2D eigenvalue weighted by Gasteiger charge is 2.31. The van der Waals surface area contributed by atoms with Crippen LogP contribution in [0.25, 0.3) is 0 Å². The lowest BCUT2D eigenvalue weighted by Gasteiger charge is -2.17. The minimum absolute atomic E-state index is 0.114. The molecule has 0 bridgehead atoms. The fourth-order valence-corrected chi connectivity index (χ4v) is 3.74. The van der Waals surface area contributed by atoms with E-state index >= 15 is 0 Å². The zero-order chi connectivity index (χ0) is 18.4. The number of nitrogens with zero attached hydrogens (tertiary/aromatic N) is 1. The molecule has 1 aliphatic rings. The summed E-state index contributed by atoms with van der Waals surface area (Å²) in [6, 6.07) is 4.21. The molecule has 1 aromatic rings. The highest BCUT2D eigenvalue weighted by molar-refractivity contribution is 7.89. The van der Waals surface area contributed by atoms with Crippen molar-refractivity contribution in [1.82, 2.24) is 4.72 Å². The van der Waals surface area contributed by atoms with Crippen molar-refractivity contribution in [2.24, 2.45) is 0 Å². The van der Waals surface area contributed by atoms with Gasteiger partial charge < -0.3 is 9.47 Å². The summed E-state index contributed by atoms with van der Waals surface area (Å²) in [4.78, 5) is 24.6. The van der Waals surface area contributed by atoms with E-state index in [1.165, 1.54) is 25.3 Å². The largest absolute Gasteiger partial charge is 0.495 e. The molecule has 1 aliphatic heterocycles. The van der Waals surface area contributed by atoms with Gasteiger partial charge in [-0.25, -0.2) is 13.1 Å². The van der Waals surface area contributed by atoms with Gasteiger partial charge in [-0.15, -0.1) is 0 Å². The molecule has 0 atom stereocenters. The Labute approximate surface area is 147 Å². The lowest BCUT2D eigenvalue weighted by atomic mass is 10.2. The van der Waals surface area contributed by atoms with Crippen LogP contribution in [0.4, 0.5) is 5.69 Å². The van der Waals surface area contributed by atoms with Crippen molar-refractivity contribution in [3.05, 3.63) is 18.2 Å². The topological polar surface area (TPSA) is 102 Å². The number of methoxy groups -OCH3 is 1. The van der Waals surface area contributed by atoms with Crippen LogP contribution in [0.2, 0.25) is 0 Å². The number of benzene rings is 1. The monoisotopic (exact) mass is 370 g/mol. The van der Waals surface area contributed by atoms with Crippen molar-refractivity contribution < 1.29 is 27.5 Å². The summed E-state index contributed by atoms with van der Waals surface area (Å²) in [6.45, 7) is 3.09. The summed E-state index contributed by atoms with van der Waals surface area (Å²) >= 11 is 0. The van der Waals surface area contributed by atoms with Gasteiger partial charge in [-0.1, -0.05) is 0 Å². The molecule has 0 aromatic heterocycles. The van der Waals surface area contributed by atoms with Crippen LogP contribution in [0.5, 0.6) is 5.75 Å². The number of hydrogen-bond donors (Lipinski definition) is 1. The number of nitrogens with one attached hydrogen (secondary N) is 1. The predicted octanol–water partition coefficient (Wildman–Crippen LogP) is 1.05. The number of ether oxygens (including phenoxy) is 2. The second-order valence-corrected chi connectivity index (χ2v) is 7.14. The van der Waals surface area contributed by atoms with Crippen LogP contribution >= 0.6 is 0 Å². The number of anilines is 1. The molecule has 2 rings (SSSR count). The number of rotatable bonds is 9. The SMILES string of the molecule is CCOCCCNS(=O)(=O)c1cc(N2C(=O)CCC2=O)ccc1OC.